The van der Waals surface area contributed by atoms with E-state index < -0.39 is 22.6 Å². The summed E-state index contributed by atoms with van der Waals surface area (Å²) in [5.74, 6) is -0.105. The van der Waals surface area contributed by atoms with Crippen molar-refractivity contribution < 1.29 is 22.7 Å². The highest BCUT2D eigenvalue weighted by Gasteiger charge is 2.42. The second-order valence-corrected chi connectivity index (χ2v) is 7.85. The molecule has 1 amide bonds. The summed E-state index contributed by atoms with van der Waals surface area (Å²) in [7, 11) is 0. The summed E-state index contributed by atoms with van der Waals surface area (Å²) in [5.41, 5.74) is 4.83. The average molecular weight is 384 g/mol. The Labute approximate surface area is 157 Å². The van der Waals surface area contributed by atoms with E-state index in [1.165, 1.54) is 12.1 Å². The molecule has 1 saturated carbocycles. The number of nitrogens with one attached hydrogen (secondary N) is 1. The van der Waals surface area contributed by atoms with Gasteiger partial charge in [-0.2, -0.15) is 13.2 Å². The Balaban J connectivity index is 1.79. The molecule has 27 heavy (non-hydrogen) atoms. The van der Waals surface area contributed by atoms with Crippen LogP contribution in [0.4, 0.5) is 13.2 Å². The van der Waals surface area contributed by atoms with Crippen LogP contribution in [0.15, 0.2) is 24.3 Å². The predicted molar refractivity (Wildman–Crippen MR) is 96.1 cm³/mol. The summed E-state index contributed by atoms with van der Waals surface area (Å²) in [4.78, 5) is 12.9. The highest BCUT2D eigenvalue weighted by molar-refractivity contribution is 5.83. The lowest BCUT2D eigenvalue weighted by Crippen LogP contribution is -2.51. The molecule has 150 valence electrons. The molecule has 0 aromatic heterocycles. The monoisotopic (exact) mass is 384 g/mol. The average Bonchev–Trinajstić information content (AvgIpc) is 3.16. The normalized spacial score (nSPS) is 21.8. The molecule has 0 bridgehead atoms. The van der Waals surface area contributed by atoms with E-state index in [0.29, 0.717) is 38.2 Å². The van der Waals surface area contributed by atoms with E-state index in [9.17, 15) is 18.0 Å². The van der Waals surface area contributed by atoms with Crippen molar-refractivity contribution in [1.29, 1.82) is 0 Å². The van der Waals surface area contributed by atoms with Gasteiger partial charge in [-0.1, -0.05) is 31.0 Å². The third kappa shape index (κ3) is 4.14. The van der Waals surface area contributed by atoms with E-state index in [1.54, 1.807) is 6.07 Å². The van der Waals surface area contributed by atoms with Crippen LogP contribution in [0.2, 0.25) is 0 Å². The highest BCUT2D eigenvalue weighted by atomic mass is 19.4. The summed E-state index contributed by atoms with van der Waals surface area (Å²) in [6.45, 7) is 1.60. The van der Waals surface area contributed by atoms with Crippen LogP contribution in [-0.4, -0.2) is 32.2 Å². The molecule has 1 aromatic carbocycles. The molecule has 0 atom stereocenters. The molecule has 1 aliphatic carbocycles. The van der Waals surface area contributed by atoms with Crippen LogP contribution in [0.25, 0.3) is 0 Å². The van der Waals surface area contributed by atoms with E-state index in [-0.39, 0.29) is 12.5 Å². The van der Waals surface area contributed by atoms with Gasteiger partial charge in [0.05, 0.1) is 11.0 Å². The number of carbonyl (C=O) groups is 1. The fourth-order valence-electron chi connectivity index (χ4n) is 4.37. The van der Waals surface area contributed by atoms with Crippen molar-refractivity contribution in [3.8, 4) is 0 Å². The zero-order chi connectivity index (χ0) is 19.5. The van der Waals surface area contributed by atoms with Crippen LogP contribution in [0.1, 0.15) is 49.7 Å². The fourth-order valence-corrected chi connectivity index (χ4v) is 4.37. The quantitative estimate of drug-likeness (QED) is 0.818. The predicted octanol–water partition coefficient (Wildman–Crippen LogP) is 3.39. The minimum absolute atomic E-state index is 0.105. The Morgan fingerprint density at radius 3 is 2.41 bits per heavy atom. The van der Waals surface area contributed by atoms with Gasteiger partial charge in [0.1, 0.15) is 0 Å². The molecule has 3 N–H and O–H groups in total. The number of rotatable bonds is 5. The largest absolute Gasteiger partial charge is 0.416 e. The van der Waals surface area contributed by atoms with Crippen molar-refractivity contribution >= 4 is 5.91 Å². The lowest BCUT2D eigenvalue weighted by atomic mass is 9.76. The number of benzene rings is 1. The second kappa shape index (κ2) is 7.80. The van der Waals surface area contributed by atoms with Gasteiger partial charge in [0.25, 0.3) is 0 Å². The first-order valence-corrected chi connectivity index (χ1v) is 9.55. The summed E-state index contributed by atoms with van der Waals surface area (Å²) in [6, 6.07) is 5.54. The Hall–Kier alpha value is -1.60. The maximum Gasteiger partial charge on any atom is 0.416 e. The molecule has 1 heterocycles. The molecular formula is C20H27F3N2O2. The van der Waals surface area contributed by atoms with Crippen LogP contribution >= 0.6 is 0 Å². The number of ether oxygens (including phenoxy) is 1. The van der Waals surface area contributed by atoms with Crippen molar-refractivity contribution in [1.82, 2.24) is 5.32 Å². The first-order chi connectivity index (χ1) is 12.8. The van der Waals surface area contributed by atoms with Crippen molar-refractivity contribution in [2.45, 2.75) is 50.1 Å². The molecule has 2 fully saturated rings. The summed E-state index contributed by atoms with van der Waals surface area (Å²) < 4.78 is 44.8. The minimum atomic E-state index is -4.37. The number of hydrogen-bond acceptors (Lipinski definition) is 3. The zero-order valence-corrected chi connectivity index (χ0v) is 15.4. The van der Waals surface area contributed by atoms with Gasteiger partial charge in [-0.25, -0.2) is 0 Å². The number of alkyl halides is 3. The van der Waals surface area contributed by atoms with Crippen molar-refractivity contribution in [2.75, 3.05) is 26.3 Å². The van der Waals surface area contributed by atoms with E-state index in [4.69, 9.17) is 10.5 Å². The molecule has 4 nitrogen and oxygen atoms in total. The van der Waals surface area contributed by atoms with Gasteiger partial charge < -0.3 is 15.8 Å². The van der Waals surface area contributed by atoms with Gasteiger partial charge in [0, 0.05) is 31.7 Å². The van der Waals surface area contributed by atoms with Gasteiger partial charge in [-0.15, -0.1) is 0 Å². The van der Waals surface area contributed by atoms with Gasteiger partial charge in [0.2, 0.25) is 5.91 Å². The number of nitrogens with two attached hydrogens (primary N) is 1. The first-order valence-electron chi connectivity index (χ1n) is 9.55. The van der Waals surface area contributed by atoms with Gasteiger partial charge in [-0.05, 0) is 37.3 Å². The van der Waals surface area contributed by atoms with E-state index in [0.717, 1.165) is 31.7 Å². The van der Waals surface area contributed by atoms with E-state index in [1.807, 2.05) is 0 Å². The topological polar surface area (TPSA) is 64.4 Å². The third-order valence-electron chi connectivity index (χ3n) is 6.27. The molecule has 1 saturated heterocycles. The van der Waals surface area contributed by atoms with E-state index in [2.05, 4.69) is 5.32 Å². The van der Waals surface area contributed by atoms with Crippen LogP contribution in [0.5, 0.6) is 0 Å². The van der Waals surface area contributed by atoms with Crippen LogP contribution in [0.3, 0.4) is 0 Å². The molecule has 0 radical (unpaired) electrons. The molecule has 7 heteroatoms. The lowest BCUT2D eigenvalue weighted by Gasteiger charge is -2.37. The van der Waals surface area contributed by atoms with Crippen LogP contribution in [-0.2, 0) is 21.1 Å². The second-order valence-electron chi connectivity index (χ2n) is 7.85. The summed E-state index contributed by atoms with van der Waals surface area (Å²) in [5, 5.41) is 3.03. The molecule has 0 unspecified atom stereocenters. The van der Waals surface area contributed by atoms with Crippen LogP contribution < -0.4 is 11.1 Å². The van der Waals surface area contributed by atoms with Crippen molar-refractivity contribution in [3.63, 3.8) is 0 Å². The maximum atomic E-state index is 13.1. The highest BCUT2D eigenvalue weighted by Crippen LogP contribution is 2.42. The summed E-state index contributed by atoms with van der Waals surface area (Å²) >= 11 is 0. The van der Waals surface area contributed by atoms with Crippen molar-refractivity contribution in [2.24, 2.45) is 11.1 Å². The molecule has 3 rings (SSSR count). The van der Waals surface area contributed by atoms with Crippen molar-refractivity contribution in [3.05, 3.63) is 35.4 Å². The molecule has 0 spiro atoms. The lowest BCUT2D eigenvalue weighted by molar-refractivity contribution is -0.138. The minimum Gasteiger partial charge on any atom is -0.381 e. The number of halogens is 3. The maximum absolute atomic E-state index is 13.1. The number of hydrogen-bond donors (Lipinski definition) is 2. The van der Waals surface area contributed by atoms with Gasteiger partial charge in [0.15, 0.2) is 0 Å². The Bertz CT molecular complexity index is 663. The standard InChI is InChI=1S/C20H27F3N2O2/c21-20(22,23)16-5-3-4-15(12-16)19(6-1-2-7-19)14-25-17(26)18(13-24)8-10-27-11-9-18/h3-5,12H,1-2,6-11,13-14,24H2,(H,25,26). The molecule has 2 aliphatic rings. The smallest absolute Gasteiger partial charge is 0.381 e. The Kier molecular flexibility index (Phi) is 5.82. The first kappa shape index (κ1) is 20.1. The molecule has 1 aromatic rings. The van der Waals surface area contributed by atoms with E-state index >= 15 is 0 Å². The molecular weight excluding hydrogens is 357 g/mol. The SMILES string of the molecule is NCC1(C(=O)NCC2(c3cccc(C(F)(F)F)c3)CCCC2)CCOCC1. The molecule has 1 aliphatic heterocycles. The zero-order valence-electron chi connectivity index (χ0n) is 15.4. The Morgan fingerprint density at radius 2 is 1.81 bits per heavy atom. The Morgan fingerprint density at radius 1 is 1.15 bits per heavy atom. The summed E-state index contributed by atoms with van der Waals surface area (Å²) in [6.07, 6.45) is 0.215. The number of amides is 1. The third-order valence-corrected chi connectivity index (χ3v) is 6.27. The van der Waals surface area contributed by atoms with Gasteiger partial charge >= 0.3 is 6.18 Å². The fraction of sp³-hybridized carbons (Fsp3) is 0.650. The number of carbonyl (C=O) groups excluding carboxylic acids is 1. The van der Waals surface area contributed by atoms with Gasteiger partial charge in [-0.3, -0.25) is 4.79 Å². The van der Waals surface area contributed by atoms with Crippen LogP contribution in [0, 0.1) is 5.41 Å².